The van der Waals surface area contributed by atoms with Crippen LogP contribution in [0.1, 0.15) is 18.1 Å². The molecule has 0 aliphatic rings. The normalized spacial score (nSPS) is 8.67. The van der Waals surface area contributed by atoms with Crippen LogP contribution in [0.15, 0.2) is 24.3 Å². The van der Waals surface area contributed by atoms with Crippen molar-refractivity contribution in [1.82, 2.24) is 5.32 Å². The third-order valence-electron chi connectivity index (χ3n) is 1.89. The highest BCUT2D eigenvalue weighted by Crippen LogP contribution is 2.06. The van der Waals surface area contributed by atoms with E-state index in [0.29, 0.717) is 6.54 Å². The van der Waals surface area contributed by atoms with Crippen LogP contribution < -0.4 is 5.32 Å². The summed E-state index contributed by atoms with van der Waals surface area (Å²) in [5.74, 6) is 5.81. The van der Waals surface area contributed by atoms with Crippen LogP contribution in [0.4, 0.5) is 4.79 Å². The van der Waals surface area contributed by atoms with Crippen molar-refractivity contribution in [3.63, 3.8) is 0 Å². The molecular formula is C12H13NO2. The second kappa shape index (κ2) is 5.71. The lowest BCUT2D eigenvalue weighted by molar-refractivity contribution is 0.170. The SMILES string of the molecule is CC#Cc1ccccc1CNC(=O)OC. The van der Waals surface area contributed by atoms with Gasteiger partial charge in [0.15, 0.2) is 0 Å². The number of rotatable bonds is 2. The molecule has 0 aliphatic heterocycles. The maximum absolute atomic E-state index is 10.9. The highest BCUT2D eigenvalue weighted by molar-refractivity contribution is 5.67. The van der Waals surface area contributed by atoms with Gasteiger partial charge in [0.1, 0.15) is 0 Å². The lowest BCUT2D eigenvalue weighted by Gasteiger charge is -2.05. The molecule has 0 spiro atoms. The Morgan fingerprint density at radius 2 is 2.20 bits per heavy atom. The van der Waals surface area contributed by atoms with Gasteiger partial charge in [-0.15, -0.1) is 5.92 Å². The smallest absolute Gasteiger partial charge is 0.407 e. The molecule has 0 atom stereocenters. The number of alkyl carbamates (subject to hydrolysis) is 1. The molecule has 1 N–H and O–H groups in total. The molecule has 78 valence electrons. The van der Waals surface area contributed by atoms with Crippen LogP contribution in [0.25, 0.3) is 0 Å². The van der Waals surface area contributed by atoms with Crippen LogP contribution in [0, 0.1) is 11.8 Å². The topological polar surface area (TPSA) is 38.3 Å². The summed E-state index contributed by atoms with van der Waals surface area (Å²) >= 11 is 0. The van der Waals surface area contributed by atoms with Crippen molar-refractivity contribution in [3.8, 4) is 11.8 Å². The van der Waals surface area contributed by atoms with Crippen molar-refractivity contribution < 1.29 is 9.53 Å². The number of methoxy groups -OCH3 is 1. The fourth-order valence-corrected chi connectivity index (χ4v) is 1.17. The van der Waals surface area contributed by atoms with E-state index in [2.05, 4.69) is 21.9 Å². The van der Waals surface area contributed by atoms with Gasteiger partial charge in [0.05, 0.1) is 7.11 Å². The number of hydrogen-bond donors (Lipinski definition) is 1. The quantitative estimate of drug-likeness (QED) is 0.746. The van der Waals surface area contributed by atoms with Gasteiger partial charge in [0.2, 0.25) is 0 Å². The van der Waals surface area contributed by atoms with E-state index in [4.69, 9.17) is 0 Å². The minimum absolute atomic E-state index is 0.428. The lowest BCUT2D eigenvalue weighted by Crippen LogP contribution is -2.22. The monoisotopic (exact) mass is 203 g/mol. The van der Waals surface area contributed by atoms with Crippen molar-refractivity contribution in [2.75, 3.05) is 7.11 Å². The van der Waals surface area contributed by atoms with E-state index < -0.39 is 6.09 Å². The van der Waals surface area contributed by atoms with E-state index in [-0.39, 0.29) is 0 Å². The number of amides is 1. The second-order valence-corrected chi connectivity index (χ2v) is 2.88. The number of nitrogens with one attached hydrogen (secondary N) is 1. The molecule has 3 nitrogen and oxygen atoms in total. The van der Waals surface area contributed by atoms with E-state index in [1.807, 2.05) is 24.3 Å². The Labute approximate surface area is 89.4 Å². The Bertz CT molecular complexity index is 402. The largest absolute Gasteiger partial charge is 0.453 e. The summed E-state index contributed by atoms with van der Waals surface area (Å²) in [7, 11) is 1.34. The number of benzene rings is 1. The van der Waals surface area contributed by atoms with Crippen molar-refractivity contribution in [2.45, 2.75) is 13.5 Å². The zero-order valence-electron chi connectivity index (χ0n) is 8.83. The summed E-state index contributed by atoms with van der Waals surface area (Å²) in [5, 5.41) is 2.62. The molecule has 1 aromatic carbocycles. The van der Waals surface area contributed by atoms with Crippen LogP contribution in [0.2, 0.25) is 0 Å². The Morgan fingerprint density at radius 3 is 2.87 bits per heavy atom. The molecule has 0 bridgehead atoms. The molecule has 0 saturated heterocycles. The van der Waals surface area contributed by atoms with Crippen molar-refractivity contribution >= 4 is 6.09 Å². The Kier molecular flexibility index (Phi) is 4.24. The van der Waals surface area contributed by atoms with Crippen LogP contribution in [0.5, 0.6) is 0 Å². The molecule has 0 aromatic heterocycles. The second-order valence-electron chi connectivity index (χ2n) is 2.88. The Hall–Kier alpha value is -1.95. The molecular weight excluding hydrogens is 190 g/mol. The summed E-state index contributed by atoms with van der Waals surface area (Å²) in [6.07, 6.45) is -0.436. The summed E-state index contributed by atoms with van der Waals surface area (Å²) in [4.78, 5) is 10.9. The Balaban J connectivity index is 2.74. The first kappa shape index (κ1) is 11.1. The van der Waals surface area contributed by atoms with Crippen molar-refractivity contribution in [2.24, 2.45) is 0 Å². The molecule has 3 heteroatoms. The minimum atomic E-state index is -0.436. The average Bonchev–Trinajstić information content (AvgIpc) is 2.28. The maximum Gasteiger partial charge on any atom is 0.407 e. The number of carbonyl (C=O) groups excluding carboxylic acids is 1. The first-order chi connectivity index (χ1) is 7.27. The fourth-order valence-electron chi connectivity index (χ4n) is 1.17. The fraction of sp³-hybridized carbons (Fsp3) is 0.250. The molecule has 1 amide bonds. The average molecular weight is 203 g/mol. The first-order valence-corrected chi connectivity index (χ1v) is 4.60. The molecule has 15 heavy (non-hydrogen) atoms. The van der Waals surface area contributed by atoms with Gasteiger partial charge in [0.25, 0.3) is 0 Å². The lowest BCUT2D eigenvalue weighted by atomic mass is 10.1. The molecule has 0 radical (unpaired) electrons. The van der Waals surface area contributed by atoms with Crippen molar-refractivity contribution in [1.29, 1.82) is 0 Å². The highest BCUT2D eigenvalue weighted by Gasteiger charge is 2.01. The molecule has 0 fully saturated rings. The van der Waals surface area contributed by atoms with E-state index >= 15 is 0 Å². The number of hydrogen-bond acceptors (Lipinski definition) is 2. The molecule has 0 aliphatic carbocycles. The predicted molar refractivity (Wildman–Crippen MR) is 58.2 cm³/mol. The highest BCUT2D eigenvalue weighted by atomic mass is 16.5. The van der Waals surface area contributed by atoms with E-state index in [1.54, 1.807) is 6.92 Å². The standard InChI is InChI=1S/C12H13NO2/c1-3-6-10-7-4-5-8-11(10)9-13-12(14)15-2/h4-5,7-8H,9H2,1-2H3,(H,13,14). The van der Waals surface area contributed by atoms with Crippen LogP contribution in [-0.2, 0) is 11.3 Å². The molecule has 1 aromatic rings. The number of carbonyl (C=O) groups is 1. The van der Waals surface area contributed by atoms with Gasteiger partial charge in [-0.2, -0.15) is 0 Å². The van der Waals surface area contributed by atoms with Crippen molar-refractivity contribution in [3.05, 3.63) is 35.4 Å². The van der Waals surface area contributed by atoms with Crippen LogP contribution >= 0.6 is 0 Å². The number of ether oxygens (including phenoxy) is 1. The van der Waals surface area contributed by atoms with Gasteiger partial charge < -0.3 is 10.1 Å². The van der Waals surface area contributed by atoms with Gasteiger partial charge >= 0.3 is 6.09 Å². The Morgan fingerprint density at radius 1 is 1.47 bits per heavy atom. The summed E-state index contributed by atoms with van der Waals surface area (Å²) in [6.45, 7) is 2.21. The zero-order chi connectivity index (χ0) is 11.1. The summed E-state index contributed by atoms with van der Waals surface area (Å²) in [6, 6.07) is 7.68. The van der Waals surface area contributed by atoms with Crippen LogP contribution in [-0.4, -0.2) is 13.2 Å². The molecule has 1 rings (SSSR count). The molecule has 0 heterocycles. The van der Waals surface area contributed by atoms with E-state index in [0.717, 1.165) is 11.1 Å². The minimum Gasteiger partial charge on any atom is -0.453 e. The van der Waals surface area contributed by atoms with Gasteiger partial charge in [-0.3, -0.25) is 0 Å². The van der Waals surface area contributed by atoms with Gasteiger partial charge in [-0.25, -0.2) is 4.79 Å². The van der Waals surface area contributed by atoms with E-state index in [9.17, 15) is 4.79 Å². The first-order valence-electron chi connectivity index (χ1n) is 4.60. The molecule has 0 unspecified atom stereocenters. The van der Waals surface area contributed by atoms with Crippen LogP contribution in [0.3, 0.4) is 0 Å². The van der Waals surface area contributed by atoms with E-state index in [1.165, 1.54) is 7.11 Å². The maximum atomic E-state index is 10.9. The summed E-state index contributed by atoms with van der Waals surface area (Å²) < 4.78 is 4.49. The summed E-state index contributed by atoms with van der Waals surface area (Å²) in [5.41, 5.74) is 1.91. The predicted octanol–water partition coefficient (Wildman–Crippen LogP) is 1.91. The molecule has 0 saturated carbocycles. The van der Waals surface area contributed by atoms with Gasteiger partial charge in [0, 0.05) is 12.1 Å². The third-order valence-corrected chi connectivity index (χ3v) is 1.89. The van der Waals surface area contributed by atoms with Gasteiger partial charge in [-0.05, 0) is 18.6 Å². The third kappa shape index (κ3) is 3.35. The zero-order valence-corrected chi connectivity index (χ0v) is 8.83. The van der Waals surface area contributed by atoms with Gasteiger partial charge in [-0.1, -0.05) is 24.1 Å².